The third kappa shape index (κ3) is 1.55. The first-order chi connectivity index (χ1) is 5.66. The largest absolute Gasteiger partial charge is 0.391 e. The highest BCUT2D eigenvalue weighted by Gasteiger charge is 2.29. The standard InChI is InChI=1S/C7H12N3O2/c1-3-6(5(2)11)10-7(12)8-4-9-10/h4-6,11H,3H2,1-2H3/t5-,6+/m0/s1. The molecule has 0 fully saturated rings. The van der Waals surface area contributed by atoms with Crippen molar-refractivity contribution in [1.29, 1.82) is 0 Å². The molecule has 67 valence electrons. The normalized spacial score (nSPS) is 20.9. The molecule has 0 aromatic heterocycles. The lowest BCUT2D eigenvalue weighted by Crippen LogP contribution is -2.41. The van der Waals surface area contributed by atoms with Crippen LogP contribution in [0.15, 0.2) is 5.10 Å². The summed E-state index contributed by atoms with van der Waals surface area (Å²) in [5.41, 5.74) is 0. The minimum atomic E-state index is -0.579. The second-order valence-electron chi connectivity index (χ2n) is 2.70. The van der Waals surface area contributed by atoms with E-state index in [4.69, 9.17) is 0 Å². The molecule has 0 aliphatic carbocycles. The van der Waals surface area contributed by atoms with Gasteiger partial charge in [0.2, 0.25) is 0 Å². The zero-order chi connectivity index (χ0) is 9.14. The van der Waals surface area contributed by atoms with Gasteiger partial charge in [0.25, 0.3) is 0 Å². The summed E-state index contributed by atoms with van der Waals surface area (Å²) in [5.74, 6) is 0. The van der Waals surface area contributed by atoms with E-state index in [2.05, 4.69) is 10.4 Å². The Morgan fingerprint density at radius 1 is 1.75 bits per heavy atom. The summed E-state index contributed by atoms with van der Waals surface area (Å²) >= 11 is 0. The molecule has 0 spiro atoms. The lowest BCUT2D eigenvalue weighted by molar-refractivity contribution is 0.0820. The van der Waals surface area contributed by atoms with Crippen LogP contribution in [0.4, 0.5) is 4.79 Å². The number of urea groups is 1. The third-order valence-corrected chi connectivity index (χ3v) is 1.83. The maximum Gasteiger partial charge on any atom is 0.365 e. The molecular formula is C7H12N3O2. The van der Waals surface area contributed by atoms with Crippen LogP contribution in [0.3, 0.4) is 0 Å². The van der Waals surface area contributed by atoms with Crippen molar-refractivity contribution in [2.75, 3.05) is 0 Å². The molecule has 5 heteroatoms. The third-order valence-electron chi connectivity index (χ3n) is 1.83. The molecule has 0 aromatic carbocycles. The fraction of sp³-hybridized carbons (Fsp3) is 0.714. The quantitative estimate of drug-likeness (QED) is 0.654. The van der Waals surface area contributed by atoms with E-state index >= 15 is 0 Å². The molecule has 1 radical (unpaired) electrons. The predicted octanol–water partition coefficient (Wildman–Crippen LogP) is 0.129. The fourth-order valence-corrected chi connectivity index (χ4v) is 1.19. The molecular weight excluding hydrogens is 158 g/mol. The van der Waals surface area contributed by atoms with Crippen LogP contribution in [0.5, 0.6) is 0 Å². The molecule has 0 saturated heterocycles. The van der Waals surface area contributed by atoms with E-state index in [1.165, 1.54) is 11.3 Å². The van der Waals surface area contributed by atoms with Crippen LogP contribution in [0.1, 0.15) is 20.3 Å². The molecule has 5 nitrogen and oxygen atoms in total. The van der Waals surface area contributed by atoms with E-state index in [9.17, 15) is 9.90 Å². The number of hydrogen-bond acceptors (Lipinski definition) is 3. The number of rotatable bonds is 3. The Bertz CT molecular complexity index is 203. The Hall–Kier alpha value is -1.10. The van der Waals surface area contributed by atoms with E-state index in [1.807, 2.05) is 6.92 Å². The van der Waals surface area contributed by atoms with Gasteiger partial charge in [-0.3, -0.25) is 0 Å². The van der Waals surface area contributed by atoms with Gasteiger partial charge in [-0.2, -0.15) is 10.4 Å². The summed E-state index contributed by atoms with van der Waals surface area (Å²) < 4.78 is 0. The van der Waals surface area contributed by atoms with Crippen molar-refractivity contribution in [3.8, 4) is 0 Å². The maximum atomic E-state index is 11.0. The van der Waals surface area contributed by atoms with Crippen molar-refractivity contribution < 1.29 is 9.90 Å². The molecule has 0 unspecified atom stereocenters. The van der Waals surface area contributed by atoms with Crippen molar-refractivity contribution >= 4 is 12.4 Å². The van der Waals surface area contributed by atoms with Gasteiger partial charge in [-0.15, -0.1) is 0 Å². The van der Waals surface area contributed by atoms with Crippen molar-refractivity contribution in [1.82, 2.24) is 10.3 Å². The van der Waals surface area contributed by atoms with Gasteiger partial charge in [-0.05, 0) is 13.3 Å². The minimum Gasteiger partial charge on any atom is -0.391 e. The summed E-state index contributed by atoms with van der Waals surface area (Å²) in [6.45, 7) is 3.52. The Morgan fingerprint density at radius 2 is 2.42 bits per heavy atom. The van der Waals surface area contributed by atoms with Crippen molar-refractivity contribution in [2.24, 2.45) is 5.10 Å². The Balaban J connectivity index is 2.65. The topological polar surface area (TPSA) is 67.0 Å². The van der Waals surface area contributed by atoms with Gasteiger partial charge in [0.1, 0.15) is 6.34 Å². The van der Waals surface area contributed by atoms with Crippen LogP contribution < -0.4 is 5.32 Å². The van der Waals surface area contributed by atoms with Crippen molar-refractivity contribution in [2.45, 2.75) is 32.4 Å². The summed E-state index contributed by atoms with van der Waals surface area (Å²) in [6.07, 6.45) is 1.29. The Morgan fingerprint density at radius 3 is 2.75 bits per heavy atom. The lowest BCUT2D eigenvalue weighted by Gasteiger charge is -2.24. The predicted molar refractivity (Wildman–Crippen MR) is 43.6 cm³/mol. The summed E-state index contributed by atoms with van der Waals surface area (Å²) in [7, 11) is 0. The Kier molecular flexibility index (Phi) is 2.65. The lowest BCUT2D eigenvalue weighted by atomic mass is 10.1. The summed E-state index contributed by atoms with van der Waals surface area (Å²) in [5, 5.41) is 17.7. The van der Waals surface area contributed by atoms with Gasteiger partial charge < -0.3 is 5.11 Å². The monoisotopic (exact) mass is 170 g/mol. The second-order valence-corrected chi connectivity index (χ2v) is 2.70. The van der Waals surface area contributed by atoms with E-state index in [0.29, 0.717) is 6.42 Å². The number of aliphatic hydroxyl groups excluding tert-OH is 1. The molecule has 2 atom stereocenters. The maximum absolute atomic E-state index is 11.0. The minimum absolute atomic E-state index is 0.264. The molecule has 1 rings (SSSR count). The van der Waals surface area contributed by atoms with Crippen molar-refractivity contribution in [3.63, 3.8) is 0 Å². The van der Waals surface area contributed by atoms with Gasteiger partial charge in [0.15, 0.2) is 0 Å². The van der Waals surface area contributed by atoms with Gasteiger partial charge in [0.05, 0.1) is 12.1 Å². The average molecular weight is 170 g/mol. The highest BCUT2D eigenvalue weighted by Crippen LogP contribution is 2.12. The van der Waals surface area contributed by atoms with Crippen LogP contribution in [0.25, 0.3) is 0 Å². The van der Waals surface area contributed by atoms with E-state index in [1.54, 1.807) is 6.92 Å². The molecule has 1 N–H and O–H groups in total. The average Bonchev–Trinajstić information content (AvgIpc) is 2.38. The molecule has 0 aromatic rings. The molecule has 1 aliphatic heterocycles. The van der Waals surface area contributed by atoms with Crippen molar-refractivity contribution in [3.05, 3.63) is 0 Å². The molecule has 1 aliphatic rings. The van der Waals surface area contributed by atoms with E-state index < -0.39 is 12.1 Å². The number of hydrogen-bond donors (Lipinski definition) is 1. The second kappa shape index (κ2) is 3.53. The van der Waals surface area contributed by atoms with Crippen LogP contribution >= 0.6 is 0 Å². The fourth-order valence-electron chi connectivity index (χ4n) is 1.19. The highest BCUT2D eigenvalue weighted by molar-refractivity contribution is 5.90. The van der Waals surface area contributed by atoms with Crippen LogP contribution in [0.2, 0.25) is 0 Å². The first kappa shape index (κ1) is 8.99. The first-order valence-corrected chi connectivity index (χ1v) is 3.91. The number of hydrazone groups is 1. The SMILES string of the molecule is CC[C@H]([C@H](C)O)N1N=C[N]C1=O. The number of amides is 2. The van der Waals surface area contributed by atoms with Gasteiger partial charge in [-0.25, -0.2) is 9.80 Å². The summed E-state index contributed by atoms with van der Waals surface area (Å²) in [6, 6.07) is -0.664. The van der Waals surface area contributed by atoms with Crippen LogP contribution in [0, 0.1) is 0 Å². The van der Waals surface area contributed by atoms with E-state index in [-0.39, 0.29) is 6.04 Å². The van der Waals surface area contributed by atoms with Gasteiger partial charge in [0, 0.05) is 0 Å². The van der Waals surface area contributed by atoms with Gasteiger partial charge >= 0.3 is 6.03 Å². The number of carbonyl (C=O) groups is 1. The molecule has 2 amide bonds. The highest BCUT2D eigenvalue weighted by atomic mass is 16.3. The van der Waals surface area contributed by atoms with E-state index in [0.717, 1.165) is 0 Å². The van der Waals surface area contributed by atoms with Crippen LogP contribution in [-0.2, 0) is 0 Å². The molecule has 0 bridgehead atoms. The zero-order valence-electron chi connectivity index (χ0n) is 7.14. The van der Waals surface area contributed by atoms with Crippen LogP contribution in [-0.4, -0.2) is 34.6 Å². The molecule has 12 heavy (non-hydrogen) atoms. The zero-order valence-corrected chi connectivity index (χ0v) is 7.14. The molecule has 0 saturated carbocycles. The molecule has 1 heterocycles. The summed E-state index contributed by atoms with van der Waals surface area (Å²) in [4.78, 5) is 11.0. The smallest absolute Gasteiger partial charge is 0.365 e. The number of carbonyl (C=O) groups excluding carboxylic acids is 1. The Labute approximate surface area is 71.1 Å². The first-order valence-electron chi connectivity index (χ1n) is 3.91. The number of aliphatic hydroxyl groups is 1. The number of nitrogens with zero attached hydrogens (tertiary/aromatic N) is 3. The van der Waals surface area contributed by atoms with Gasteiger partial charge in [-0.1, -0.05) is 6.92 Å².